The van der Waals surface area contributed by atoms with E-state index in [9.17, 15) is 0 Å². The van der Waals surface area contributed by atoms with E-state index in [2.05, 4.69) is 39.6 Å². The van der Waals surface area contributed by atoms with Crippen LogP contribution < -0.4 is 5.32 Å². The molecule has 2 saturated heterocycles. The van der Waals surface area contributed by atoms with Gasteiger partial charge in [0.15, 0.2) is 0 Å². The van der Waals surface area contributed by atoms with E-state index in [1.54, 1.807) is 0 Å². The van der Waals surface area contributed by atoms with E-state index in [0.29, 0.717) is 24.3 Å². The summed E-state index contributed by atoms with van der Waals surface area (Å²) >= 11 is 5.41. The summed E-state index contributed by atoms with van der Waals surface area (Å²) in [4.78, 5) is 1.39. The largest absolute Gasteiger partial charge is 0.373 e. The fourth-order valence-corrected chi connectivity index (χ4v) is 4.56. The van der Waals surface area contributed by atoms with Gasteiger partial charge in [-0.15, -0.1) is 11.3 Å². The number of ether oxygens (including phenoxy) is 1. The van der Waals surface area contributed by atoms with Crippen molar-refractivity contribution in [3.8, 4) is 0 Å². The Morgan fingerprint density at radius 3 is 3.00 bits per heavy atom. The summed E-state index contributed by atoms with van der Waals surface area (Å²) in [7, 11) is 0. The van der Waals surface area contributed by atoms with E-state index in [-0.39, 0.29) is 0 Å². The highest BCUT2D eigenvalue weighted by molar-refractivity contribution is 9.10. The monoisotopic (exact) mass is 301 g/mol. The van der Waals surface area contributed by atoms with E-state index in [4.69, 9.17) is 4.74 Å². The summed E-state index contributed by atoms with van der Waals surface area (Å²) in [6.07, 6.45) is 4.69. The number of nitrogens with one attached hydrogen (secondary N) is 1. The molecule has 0 spiro atoms. The van der Waals surface area contributed by atoms with E-state index < -0.39 is 0 Å². The molecule has 4 atom stereocenters. The maximum atomic E-state index is 5.86. The van der Waals surface area contributed by atoms with Gasteiger partial charge in [0.2, 0.25) is 0 Å². The molecule has 2 aliphatic rings. The summed E-state index contributed by atoms with van der Waals surface area (Å²) in [5, 5.41) is 5.84. The minimum atomic E-state index is 0.419. The summed E-state index contributed by atoms with van der Waals surface area (Å²) in [6.45, 7) is 2.24. The number of halogens is 1. The normalized spacial score (nSPS) is 34.5. The average Bonchev–Trinajstić information content (AvgIpc) is 2.92. The summed E-state index contributed by atoms with van der Waals surface area (Å²) in [6, 6.07) is 3.10. The van der Waals surface area contributed by atoms with Crippen LogP contribution in [0.25, 0.3) is 0 Å². The Balaban J connectivity index is 1.65. The second kappa shape index (κ2) is 4.41. The molecule has 16 heavy (non-hydrogen) atoms. The van der Waals surface area contributed by atoms with Crippen LogP contribution in [0, 0.1) is 0 Å². The van der Waals surface area contributed by atoms with E-state index in [0.717, 1.165) is 0 Å². The van der Waals surface area contributed by atoms with Gasteiger partial charge in [0.1, 0.15) is 0 Å². The van der Waals surface area contributed by atoms with Crippen molar-refractivity contribution in [2.24, 2.45) is 0 Å². The second-order valence-electron chi connectivity index (χ2n) is 4.74. The van der Waals surface area contributed by atoms with Gasteiger partial charge in [-0.2, -0.15) is 0 Å². The maximum absolute atomic E-state index is 5.86. The number of hydrogen-bond acceptors (Lipinski definition) is 3. The highest BCUT2D eigenvalue weighted by Gasteiger charge is 2.41. The Morgan fingerprint density at radius 1 is 1.56 bits per heavy atom. The Kier molecular flexibility index (Phi) is 3.09. The highest BCUT2D eigenvalue weighted by atomic mass is 79.9. The molecule has 1 N–H and O–H groups in total. The van der Waals surface area contributed by atoms with Crippen LogP contribution in [0.1, 0.15) is 37.1 Å². The van der Waals surface area contributed by atoms with Crippen molar-refractivity contribution >= 4 is 27.3 Å². The number of fused-ring (bicyclic) bond motifs is 2. The molecule has 0 aromatic carbocycles. The molecule has 0 saturated carbocycles. The van der Waals surface area contributed by atoms with Crippen LogP contribution in [0.15, 0.2) is 15.9 Å². The minimum absolute atomic E-state index is 0.419. The fraction of sp³-hybridized carbons (Fsp3) is 0.667. The summed E-state index contributed by atoms with van der Waals surface area (Å²) < 4.78 is 7.09. The highest BCUT2D eigenvalue weighted by Crippen LogP contribution is 2.36. The van der Waals surface area contributed by atoms with Crippen molar-refractivity contribution in [1.29, 1.82) is 0 Å². The standard InChI is InChI=1S/C12H16BrNOS/c1-7(12-9(13)4-5-16-12)14-10-6-8-2-3-11(10)15-8/h4-5,7-8,10-11,14H,2-3,6H2,1H3. The molecule has 3 rings (SSSR count). The van der Waals surface area contributed by atoms with E-state index in [1.807, 2.05) is 11.3 Å². The lowest BCUT2D eigenvalue weighted by Crippen LogP contribution is -2.38. The molecule has 0 aliphatic carbocycles. The van der Waals surface area contributed by atoms with Crippen molar-refractivity contribution in [1.82, 2.24) is 5.32 Å². The van der Waals surface area contributed by atoms with E-state index in [1.165, 1.54) is 28.6 Å². The van der Waals surface area contributed by atoms with Crippen molar-refractivity contribution < 1.29 is 4.74 Å². The lowest BCUT2D eigenvalue weighted by molar-refractivity contribution is 0.0963. The Morgan fingerprint density at radius 2 is 2.44 bits per heavy atom. The Bertz CT molecular complexity index is 381. The molecule has 88 valence electrons. The topological polar surface area (TPSA) is 21.3 Å². The molecule has 0 radical (unpaired) electrons. The first kappa shape index (κ1) is 11.2. The molecule has 0 amide bonds. The summed E-state index contributed by atoms with van der Waals surface area (Å²) in [5.74, 6) is 0. The average molecular weight is 302 g/mol. The van der Waals surface area contributed by atoms with Gasteiger partial charge in [0, 0.05) is 21.4 Å². The summed E-state index contributed by atoms with van der Waals surface area (Å²) in [5.41, 5.74) is 0. The van der Waals surface area contributed by atoms with E-state index >= 15 is 0 Å². The predicted octanol–water partition coefficient (Wildman–Crippen LogP) is 3.48. The van der Waals surface area contributed by atoms with Gasteiger partial charge in [-0.05, 0) is 53.6 Å². The molecule has 1 aromatic heterocycles. The lowest BCUT2D eigenvalue weighted by Gasteiger charge is -2.24. The minimum Gasteiger partial charge on any atom is -0.373 e. The number of thiophene rings is 1. The zero-order valence-corrected chi connectivity index (χ0v) is 11.7. The first-order chi connectivity index (χ1) is 7.74. The van der Waals surface area contributed by atoms with Gasteiger partial charge in [-0.25, -0.2) is 0 Å². The molecular weight excluding hydrogens is 286 g/mol. The molecule has 2 bridgehead atoms. The molecule has 4 unspecified atom stereocenters. The SMILES string of the molecule is CC(NC1CC2CCC1O2)c1sccc1Br. The van der Waals surface area contributed by atoms with Gasteiger partial charge in [-0.3, -0.25) is 0 Å². The molecule has 2 aliphatic heterocycles. The Labute approximate surface area is 109 Å². The molecular formula is C12H16BrNOS. The zero-order chi connectivity index (χ0) is 11.1. The van der Waals surface area contributed by atoms with Crippen LogP contribution in [0.4, 0.5) is 0 Å². The van der Waals surface area contributed by atoms with Crippen molar-refractivity contribution in [3.05, 3.63) is 20.8 Å². The number of rotatable bonds is 3. The fourth-order valence-electron chi connectivity index (χ4n) is 2.82. The first-order valence-electron chi connectivity index (χ1n) is 5.88. The zero-order valence-electron chi connectivity index (χ0n) is 9.28. The maximum Gasteiger partial charge on any atom is 0.0733 e. The van der Waals surface area contributed by atoms with Gasteiger partial charge in [-0.1, -0.05) is 0 Å². The van der Waals surface area contributed by atoms with Crippen molar-refractivity contribution in [3.63, 3.8) is 0 Å². The van der Waals surface area contributed by atoms with Crippen LogP contribution in [0.5, 0.6) is 0 Å². The van der Waals surface area contributed by atoms with Crippen LogP contribution in [0.2, 0.25) is 0 Å². The molecule has 4 heteroatoms. The smallest absolute Gasteiger partial charge is 0.0733 e. The predicted molar refractivity (Wildman–Crippen MR) is 69.9 cm³/mol. The molecule has 2 nitrogen and oxygen atoms in total. The lowest BCUT2D eigenvalue weighted by atomic mass is 9.95. The molecule has 2 fully saturated rings. The third kappa shape index (κ3) is 1.96. The second-order valence-corrected chi connectivity index (χ2v) is 6.54. The molecule has 3 heterocycles. The van der Waals surface area contributed by atoms with Crippen LogP contribution in [0.3, 0.4) is 0 Å². The van der Waals surface area contributed by atoms with Crippen molar-refractivity contribution in [2.45, 2.75) is 50.5 Å². The third-order valence-corrected chi connectivity index (χ3v) is 5.66. The quantitative estimate of drug-likeness (QED) is 0.923. The Hall–Kier alpha value is 0.100. The van der Waals surface area contributed by atoms with Crippen LogP contribution in [-0.4, -0.2) is 18.2 Å². The van der Waals surface area contributed by atoms with Gasteiger partial charge < -0.3 is 10.1 Å². The van der Waals surface area contributed by atoms with Gasteiger partial charge in [0.05, 0.1) is 12.2 Å². The van der Waals surface area contributed by atoms with Gasteiger partial charge in [0.25, 0.3) is 0 Å². The third-order valence-electron chi connectivity index (χ3n) is 3.61. The first-order valence-corrected chi connectivity index (χ1v) is 7.55. The van der Waals surface area contributed by atoms with Gasteiger partial charge >= 0.3 is 0 Å². The molecule has 1 aromatic rings. The van der Waals surface area contributed by atoms with Crippen molar-refractivity contribution in [2.75, 3.05) is 0 Å². The number of hydrogen-bond donors (Lipinski definition) is 1. The van der Waals surface area contributed by atoms with Crippen LogP contribution >= 0.6 is 27.3 Å². The van der Waals surface area contributed by atoms with Crippen LogP contribution in [-0.2, 0) is 4.74 Å².